The van der Waals surface area contributed by atoms with Gasteiger partial charge in [0.25, 0.3) is 0 Å². The zero-order chi connectivity index (χ0) is 21.3. The first kappa shape index (κ1) is 20.2. The summed E-state index contributed by atoms with van der Waals surface area (Å²) in [7, 11) is 2.03. The zero-order valence-electron chi connectivity index (χ0n) is 17.4. The second kappa shape index (κ2) is 8.37. The molecule has 0 amide bonds. The van der Waals surface area contributed by atoms with Gasteiger partial charge < -0.3 is 10.0 Å². The summed E-state index contributed by atoms with van der Waals surface area (Å²) in [5.41, 5.74) is 7.33. The minimum Gasteiger partial charge on any atom is -0.508 e. The largest absolute Gasteiger partial charge is 0.508 e. The highest BCUT2D eigenvalue weighted by molar-refractivity contribution is 6.31. The Morgan fingerprint density at radius 2 is 1.77 bits per heavy atom. The Bertz CT molecular complexity index is 1130. The molecule has 30 heavy (non-hydrogen) atoms. The number of benzene rings is 3. The highest BCUT2D eigenvalue weighted by atomic mass is 35.5. The minimum absolute atomic E-state index is 0.234. The molecule has 152 valence electrons. The van der Waals surface area contributed by atoms with Crippen molar-refractivity contribution < 1.29 is 5.11 Å². The second-order valence-corrected chi connectivity index (χ2v) is 8.41. The number of hydrogen-bond donors (Lipinski definition) is 1. The summed E-state index contributed by atoms with van der Waals surface area (Å²) in [6.45, 7) is 4.42. The van der Waals surface area contributed by atoms with Gasteiger partial charge in [0.2, 0.25) is 0 Å². The molecule has 0 atom stereocenters. The number of halogens is 1. The molecule has 1 heterocycles. The van der Waals surface area contributed by atoms with Crippen molar-refractivity contribution in [3.05, 3.63) is 106 Å². The Morgan fingerprint density at radius 1 is 1.00 bits per heavy atom. The van der Waals surface area contributed by atoms with Gasteiger partial charge in [0, 0.05) is 35.8 Å². The molecular formula is C26H25ClN2O. The molecule has 0 saturated carbocycles. The van der Waals surface area contributed by atoms with Crippen LogP contribution in [0, 0.1) is 0 Å². The molecule has 0 spiro atoms. The first-order chi connectivity index (χ1) is 14.4. The zero-order valence-corrected chi connectivity index (χ0v) is 18.2. The van der Waals surface area contributed by atoms with Gasteiger partial charge >= 0.3 is 0 Å². The third-order valence-corrected chi connectivity index (χ3v) is 5.57. The number of nitrogens with zero attached hydrogens (tertiary/aromatic N) is 2. The lowest BCUT2D eigenvalue weighted by atomic mass is 9.99. The van der Waals surface area contributed by atoms with Gasteiger partial charge in [-0.15, -0.1) is 0 Å². The van der Waals surface area contributed by atoms with Crippen LogP contribution in [0.4, 0.5) is 5.69 Å². The molecular weight excluding hydrogens is 392 g/mol. The Morgan fingerprint density at radius 3 is 2.50 bits per heavy atom. The molecule has 0 fully saturated rings. The highest BCUT2D eigenvalue weighted by Gasteiger charge is 2.19. The van der Waals surface area contributed by atoms with E-state index in [4.69, 9.17) is 16.6 Å². The maximum absolute atomic E-state index is 9.73. The Kier molecular flexibility index (Phi) is 5.65. The molecule has 0 saturated heterocycles. The first-order valence-electron chi connectivity index (χ1n) is 10.1. The second-order valence-electron chi connectivity index (χ2n) is 7.98. The van der Waals surface area contributed by atoms with Crippen LogP contribution in [-0.4, -0.2) is 17.9 Å². The van der Waals surface area contributed by atoms with Crippen LogP contribution in [0.1, 0.15) is 42.0 Å². The summed E-state index contributed by atoms with van der Waals surface area (Å²) in [6.07, 6.45) is 2.82. The van der Waals surface area contributed by atoms with E-state index in [-0.39, 0.29) is 5.75 Å². The fourth-order valence-electron chi connectivity index (χ4n) is 3.73. The van der Waals surface area contributed by atoms with Gasteiger partial charge in [-0.2, -0.15) is 0 Å². The van der Waals surface area contributed by atoms with Crippen molar-refractivity contribution >= 4 is 23.0 Å². The third-order valence-electron chi connectivity index (χ3n) is 5.34. The lowest BCUT2D eigenvalue weighted by molar-refractivity contribution is 0.475. The van der Waals surface area contributed by atoms with Crippen molar-refractivity contribution in [1.82, 2.24) is 0 Å². The van der Waals surface area contributed by atoms with Crippen molar-refractivity contribution in [3.8, 4) is 5.75 Å². The van der Waals surface area contributed by atoms with E-state index in [0.717, 1.165) is 34.6 Å². The molecule has 4 rings (SSSR count). The molecule has 4 heteroatoms. The van der Waals surface area contributed by atoms with Gasteiger partial charge in [-0.1, -0.05) is 49.7 Å². The third kappa shape index (κ3) is 4.27. The normalized spacial score (nSPS) is 13.6. The van der Waals surface area contributed by atoms with E-state index in [1.54, 1.807) is 12.1 Å². The van der Waals surface area contributed by atoms with Crippen LogP contribution in [0.5, 0.6) is 5.75 Å². The maximum Gasteiger partial charge on any atom is 0.115 e. The fourth-order valence-corrected chi connectivity index (χ4v) is 3.90. The van der Waals surface area contributed by atoms with Gasteiger partial charge in [0.15, 0.2) is 0 Å². The number of phenolic OH excluding ortho intramolecular Hbond substituents is 1. The van der Waals surface area contributed by atoms with Crippen molar-refractivity contribution in [2.75, 3.05) is 11.9 Å². The predicted molar refractivity (Wildman–Crippen MR) is 126 cm³/mol. The molecule has 3 aromatic rings. The van der Waals surface area contributed by atoms with Crippen LogP contribution >= 0.6 is 11.6 Å². The predicted octanol–water partition coefficient (Wildman–Crippen LogP) is 6.54. The molecule has 3 nitrogen and oxygen atoms in total. The number of anilines is 1. The Balaban J connectivity index is 1.81. The van der Waals surface area contributed by atoms with E-state index in [0.29, 0.717) is 10.9 Å². The van der Waals surface area contributed by atoms with E-state index in [1.165, 1.54) is 11.1 Å². The van der Waals surface area contributed by atoms with Crippen molar-refractivity contribution in [2.24, 2.45) is 4.99 Å². The van der Waals surface area contributed by atoms with Crippen molar-refractivity contribution in [2.45, 2.75) is 26.2 Å². The van der Waals surface area contributed by atoms with Crippen molar-refractivity contribution in [1.29, 1.82) is 0 Å². The lowest BCUT2D eigenvalue weighted by Gasteiger charge is -2.17. The van der Waals surface area contributed by atoms with E-state index < -0.39 is 0 Å². The highest BCUT2D eigenvalue weighted by Crippen LogP contribution is 2.31. The van der Waals surface area contributed by atoms with E-state index in [9.17, 15) is 5.11 Å². The SMILES string of the molecule is CC(C)c1cccc(CC2=CN(C)c3ccc(Cl)cc3C(c3ccc(O)cc3)=N2)c1. The van der Waals surface area contributed by atoms with Crippen LogP contribution in [0.15, 0.2) is 83.6 Å². The van der Waals surface area contributed by atoms with Crippen LogP contribution in [0.2, 0.25) is 5.02 Å². The molecule has 0 aliphatic carbocycles. The number of fused-ring (bicyclic) bond motifs is 1. The summed E-state index contributed by atoms with van der Waals surface area (Å²) < 4.78 is 0. The number of hydrogen-bond acceptors (Lipinski definition) is 3. The van der Waals surface area contributed by atoms with Crippen LogP contribution in [0.25, 0.3) is 0 Å². The molecule has 3 aromatic carbocycles. The molecule has 1 N–H and O–H groups in total. The van der Waals surface area contributed by atoms with Crippen molar-refractivity contribution in [3.63, 3.8) is 0 Å². The van der Waals surface area contributed by atoms with Gasteiger partial charge in [-0.05, 0) is 59.5 Å². The van der Waals surface area contributed by atoms with Gasteiger partial charge in [-0.3, -0.25) is 4.99 Å². The van der Waals surface area contributed by atoms with Crippen LogP contribution in [-0.2, 0) is 6.42 Å². The summed E-state index contributed by atoms with van der Waals surface area (Å²) in [5.74, 6) is 0.718. The molecule has 0 bridgehead atoms. The molecule has 0 radical (unpaired) electrons. The Hall–Kier alpha value is -3.04. The Labute approximate surface area is 183 Å². The summed E-state index contributed by atoms with van der Waals surface area (Å²) in [6, 6.07) is 21.7. The molecule has 1 aliphatic rings. The fraction of sp³-hybridized carbons (Fsp3) is 0.192. The van der Waals surface area contributed by atoms with E-state index in [2.05, 4.69) is 49.2 Å². The monoisotopic (exact) mass is 416 g/mol. The standard InChI is InChI=1S/C26H25ClN2O/c1-17(2)20-6-4-5-18(13-20)14-22-16-29(3)25-12-9-21(27)15-24(25)26(28-22)19-7-10-23(30)11-8-19/h4-13,15-17,30H,14H2,1-3H3. The number of allylic oxidation sites excluding steroid dienone is 1. The summed E-state index contributed by atoms with van der Waals surface area (Å²) >= 11 is 6.34. The van der Waals surface area contributed by atoms with Crippen LogP contribution < -0.4 is 4.90 Å². The number of rotatable bonds is 4. The average Bonchev–Trinajstić information content (AvgIpc) is 2.85. The maximum atomic E-state index is 9.73. The average molecular weight is 417 g/mol. The molecule has 0 unspecified atom stereocenters. The van der Waals surface area contributed by atoms with E-state index >= 15 is 0 Å². The quantitative estimate of drug-likeness (QED) is 0.524. The number of aromatic hydroxyl groups is 1. The van der Waals surface area contributed by atoms with Gasteiger partial charge in [0.1, 0.15) is 5.75 Å². The first-order valence-corrected chi connectivity index (χ1v) is 10.5. The lowest BCUT2D eigenvalue weighted by Crippen LogP contribution is -2.12. The van der Waals surface area contributed by atoms with Gasteiger partial charge in [0.05, 0.1) is 17.1 Å². The summed E-state index contributed by atoms with van der Waals surface area (Å²) in [5, 5.41) is 10.4. The van der Waals surface area contributed by atoms with Gasteiger partial charge in [-0.25, -0.2) is 0 Å². The molecule has 0 aromatic heterocycles. The summed E-state index contributed by atoms with van der Waals surface area (Å²) in [4.78, 5) is 7.18. The minimum atomic E-state index is 0.234. The smallest absolute Gasteiger partial charge is 0.115 e. The van der Waals surface area contributed by atoms with E-state index in [1.807, 2.05) is 37.4 Å². The van der Waals surface area contributed by atoms with Crippen LogP contribution in [0.3, 0.4) is 0 Å². The number of phenols is 1. The molecule has 1 aliphatic heterocycles. The topological polar surface area (TPSA) is 35.8 Å². The number of aliphatic imine (C=N–C) groups is 1.